The molecule has 1 saturated carbocycles. The second-order valence-electron chi connectivity index (χ2n) is 12.3. The fourth-order valence-corrected chi connectivity index (χ4v) is 8.42. The van der Waals surface area contributed by atoms with Crippen LogP contribution in [0.2, 0.25) is 0 Å². The molecule has 1 atom stereocenters. The van der Waals surface area contributed by atoms with E-state index in [-0.39, 0.29) is 47.7 Å². The molecule has 1 aromatic carbocycles. The van der Waals surface area contributed by atoms with Crippen molar-refractivity contribution in [2.45, 2.75) is 57.4 Å². The van der Waals surface area contributed by atoms with Crippen LogP contribution in [0.3, 0.4) is 0 Å². The standard InChI is InChI=1S/C30H33F3N8O4S/c31-30(32,33)25-15-39-11-12-40(16-27(39)37-25)28(42)20-4-6-21(7-5-20)36-29-34-10-8-26(38-29)41-23-2-1-3-24(22(23)14-35-41)45-17-19-9-13-46(43,44)18-19/h1-3,8,10,14-15,19-21H,4-7,9,11-13,16-18H2,(H,34,36,38)/t19?,20-,21-. The van der Waals surface area contributed by atoms with E-state index in [4.69, 9.17) is 4.74 Å². The number of anilines is 1. The zero-order chi connectivity index (χ0) is 32.1. The number of carbonyl (C=O) groups is 1. The number of aromatic nitrogens is 6. The third-order valence-corrected chi connectivity index (χ3v) is 10.9. The van der Waals surface area contributed by atoms with Gasteiger partial charge in [0.25, 0.3) is 0 Å². The predicted molar refractivity (Wildman–Crippen MR) is 161 cm³/mol. The van der Waals surface area contributed by atoms with Crippen LogP contribution in [0.25, 0.3) is 16.7 Å². The van der Waals surface area contributed by atoms with Gasteiger partial charge in [-0.25, -0.2) is 23.1 Å². The van der Waals surface area contributed by atoms with Crippen LogP contribution in [-0.2, 0) is 33.9 Å². The SMILES string of the molecule is O=C([C@H]1CC[C@H](Nc2nccc(-n3ncc4c(OCC5CCS(=O)(=O)C5)cccc43)n2)CC1)N1CCn2cc(C(F)(F)F)nc2C1. The van der Waals surface area contributed by atoms with Crippen molar-refractivity contribution in [2.24, 2.45) is 11.8 Å². The number of hydrogen-bond acceptors (Lipinski definition) is 9. The number of nitrogens with zero attached hydrogens (tertiary/aromatic N) is 7. The Morgan fingerprint density at radius 2 is 1.89 bits per heavy atom. The number of sulfone groups is 1. The molecule has 16 heteroatoms. The maximum absolute atomic E-state index is 13.3. The summed E-state index contributed by atoms with van der Waals surface area (Å²) in [5, 5.41) is 8.71. The normalized spacial score (nSPS) is 22.9. The first-order valence-electron chi connectivity index (χ1n) is 15.3. The van der Waals surface area contributed by atoms with E-state index in [1.165, 1.54) is 4.57 Å². The minimum Gasteiger partial charge on any atom is -0.493 e. The number of alkyl halides is 3. The summed E-state index contributed by atoms with van der Waals surface area (Å²) in [5.41, 5.74) is -0.139. The quantitative estimate of drug-likeness (QED) is 0.314. The van der Waals surface area contributed by atoms with E-state index in [0.717, 1.165) is 29.9 Å². The number of benzene rings is 1. The van der Waals surface area contributed by atoms with Crippen molar-refractivity contribution in [3.8, 4) is 11.6 Å². The maximum Gasteiger partial charge on any atom is 0.434 e. The predicted octanol–water partition coefficient (Wildman–Crippen LogP) is 3.86. The van der Waals surface area contributed by atoms with E-state index >= 15 is 0 Å². The van der Waals surface area contributed by atoms with Gasteiger partial charge >= 0.3 is 6.18 Å². The van der Waals surface area contributed by atoms with E-state index in [0.29, 0.717) is 56.5 Å². The van der Waals surface area contributed by atoms with Crippen LogP contribution in [0.4, 0.5) is 19.1 Å². The maximum atomic E-state index is 13.3. The Morgan fingerprint density at radius 3 is 2.65 bits per heavy atom. The van der Waals surface area contributed by atoms with E-state index in [9.17, 15) is 26.4 Å². The zero-order valence-corrected chi connectivity index (χ0v) is 25.7. The van der Waals surface area contributed by atoms with Gasteiger partial charge in [-0.1, -0.05) is 6.07 Å². The molecule has 0 bridgehead atoms. The van der Waals surface area contributed by atoms with Crippen molar-refractivity contribution in [1.29, 1.82) is 0 Å². The Balaban J connectivity index is 0.958. The minimum atomic E-state index is -4.51. The average Bonchev–Trinajstić information content (AvgIpc) is 3.76. The lowest BCUT2D eigenvalue weighted by atomic mass is 9.85. The van der Waals surface area contributed by atoms with Crippen LogP contribution < -0.4 is 10.1 Å². The van der Waals surface area contributed by atoms with Gasteiger partial charge in [0, 0.05) is 49.4 Å². The Labute approximate surface area is 262 Å². The third kappa shape index (κ3) is 6.26. The van der Waals surface area contributed by atoms with Crippen molar-refractivity contribution < 1.29 is 31.1 Å². The van der Waals surface area contributed by atoms with Gasteiger partial charge in [0.1, 0.15) is 11.6 Å². The van der Waals surface area contributed by atoms with Crippen LogP contribution in [0.1, 0.15) is 43.6 Å². The Kier molecular flexibility index (Phi) is 7.85. The third-order valence-electron chi connectivity index (χ3n) is 9.05. The molecule has 2 aliphatic heterocycles. The first-order chi connectivity index (χ1) is 22.0. The molecule has 2 fully saturated rings. The number of rotatable bonds is 7. The highest BCUT2D eigenvalue weighted by molar-refractivity contribution is 7.91. The highest BCUT2D eigenvalue weighted by atomic mass is 32.2. The fraction of sp³-hybridized carbons (Fsp3) is 0.500. The van der Waals surface area contributed by atoms with Crippen LogP contribution in [-0.4, -0.2) is 79.2 Å². The number of hydrogen-bond donors (Lipinski definition) is 1. The second kappa shape index (κ2) is 11.9. The summed E-state index contributed by atoms with van der Waals surface area (Å²) < 4.78 is 72.1. The van der Waals surface area contributed by atoms with Gasteiger partial charge < -0.3 is 19.5 Å². The van der Waals surface area contributed by atoms with Gasteiger partial charge in [-0.05, 0) is 44.2 Å². The van der Waals surface area contributed by atoms with E-state index in [2.05, 4.69) is 25.4 Å². The van der Waals surface area contributed by atoms with Gasteiger partial charge in [0.2, 0.25) is 11.9 Å². The number of fused-ring (bicyclic) bond motifs is 2. The molecule has 1 aliphatic carbocycles. The van der Waals surface area contributed by atoms with Crippen LogP contribution in [0, 0.1) is 11.8 Å². The van der Waals surface area contributed by atoms with Gasteiger partial charge in [0.15, 0.2) is 21.3 Å². The zero-order valence-electron chi connectivity index (χ0n) is 24.9. The summed E-state index contributed by atoms with van der Waals surface area (Å²) in [5.74, 6) is 1.99. The summed E-state index contributed by atoms with van der Waals surface area (Å²) in [6.45, 7) is 1.06. The topological polar surface area (TPSA) is 137 Å². The summed E-state index contributed by atoms with van der Waals surface area (Å²) in [6.07, 6.45) is 3.20. The van der Waals surface area contributed by atoms with E-state index in [1.54, 1.807) is 28.0 Å². The number of amides is 1. The molecular weight excluding hydrogens is 625 g/mol. The molecule has 3 aliphatic rings. The molecule has 12 nitrogen and oxygen atoms in total. The number of nitrogens with one attached hydrogen (secondary N) is 1. The highest BCUT2D eigenvalue weighted by Gasteiger charge is 2.37. The smallest absolute Gasteiger partial charge is 0.434 e. The minimum absolute atomic E-state index is 0.0238. The van der Waals surface area contributed by atoms with Gasteiger partial charge in [0.05, 0.1) is 41.8 Å². The van der Waals surface area contributed by atoms with Gasteiger partial charge in [-0.15, -0.1) is 0 Å². The summed E-state index contributed by atoms with van der Waals surface area (Å²) in [7, 11) is -2.98. The lowest BCUT2D eigenvalue weighted by Crippen LogP contribution is -2.43. The monoisotopic (exact) mass is 658 g/mol. The molecule has 1 saturated heterocycles. The molecule has 1 unspecified atom stereocenters. The van der Waals surface area contributed by atoms with Gasteiger partial charge in [-0.2, -0.15) is 23.3 Å². The summed E-state index contributed by atoms with van der Waals surface area (Å²) in [6, 6.07) is 7.43. The van der Waals surface area contributed by atoms with Crippen LogP contribution in [0.15, 0.2) is 42.9 Å². The summed E-state index contributed by atoms with van der Waals surface area (Å²) >= 11 is 0. The van der Waals surface area contributed by atoms with Gasteiger partial charge in [-0.3, -0.25) is 4.79 Å². The van der Waals surface area contributed by atoms with Crippen molar-refractivity contribution in [1.82, 2.24) is 34.2 Å². The lowest BCUT2D eigenvalue weighted by Gasteiger charge is -2.34. The molecule has 0 spiro atoms. The summed E-state index contributed by atoms with van der Waals surface area (Å²) in [4.78, 5) is 27.7. The first-order valence-corrected chi connectivity index (χ1v) is 17.2. The number of ether oxygens (including phenoxy) is 1. The molecule has 1 N–H and O–H groups in total. The van der Waals surface area contributed by atoms with Crippen LogP contribution in [0.5, 0.6) is 5.75 Å². The average molecular weight is 659 g/mol. The van der Waals surface area contributed by atoms with E-state index in [1.807, 2.05) is 18.2 Å². The van der Waals surface area contributed by atoms with Crippen molar-refractivity contribution in [2.75, 3.05) is 30.0 Å². The van der Waals surface area contributed by atoms with Crippen molar-refractivity contribution in [3.63, 3.8) is 0 Å². The molecular formula is C30H33F3N8O4S. The first kappa shape index (κ1) is 30.4. The van der Waals surface area contributed by atoms with Crippen molar-refractivity contribution in [3.05, 3.63) is 54.4 Å². The number of halogens is 3. The lowest BCUT2D eigenvalue weighted by molar-refractivity contribution is -0.141. The second-order valence-corrected chi connectivity index (χ2v) is 14.5. The molecule has 1 amide bonds. The van der Waals surface area contributed by atoms with Crippen molar-refractivity contribution >= 4 is 32.6 Å². The molecule has 5 heterocycles. The fourth-order valence-electron chi connectivity index (χ4n) is 6.58. The molecule has 244 valence electrons. The largest absolute Gasteiger partial charge is 0.493 e. The number of carbonyl (C=O) groups excluding carboxylic acids is 1. The Bertz CT molecular complexity index is 1870. The molecule has 3 aromatic heterocycles. The Morgan fingerprint density at radius 1 is 1.07 bits per heavy atom. The highest BCUT2D eigenvalue weighted by Crippen LogP contribution is 2.32. The Hall–Kier alpha value is -4.21. The molecule has 46 heavy (non-hydrogen) atoms. The molecule has 0 radical (unpaired) electrons. The number of imidazole rings is 1. The van der Waals surface area contributed by atoms with Crippen LogP contribution >= 0.6 is 0 Å². The molecule has 7 rings (SSSR count). The molecule has 4 aromatic rings. The van der Waals surface area contributed by atoms with E-state index < -0.39 is 21.7 Å².